The minimum atomic E-state index is -0.447. The number of hydrogen-bond donors (Lipinski definition) is 0. The van der Waals surface area contributed by atoms with Crippen molar-refractivity contribution < 1.29 is 9.53 Å². The van der Waals surface area contributed by atoms with Crippen LogP contribution >= 0.6 is 0 Å². The lowest BCUT2D eigenvalue weighted by Crippen LogP contribution is -2.50. The Labute approximate surface area is 137 Å². The highest BCUT2D eigenvalue weighted by atomic mass is 16.5. The van der Waals surface area contributed by atoms with Crippen LogP contribution in [0.1, 0.15) is 23.8 Å². The zero-order valence-corrected chi connectivity index (χ0v) is 13.9. The predicted octanol–water partition coefficient (Wildman–Crippen LogP) is 0.479. The molecule has 2 aliphatic rings. The molecule has 2 aliphatic heterocycles. The number of likely N-dealkylation sites (N-methyl/N-ethyl adjacent to an activating group) is 1. The van der Waals surface area contributed by atoms with E-state index in [1.54, 1.807) is 6.07 Å². The Balaban J connectivity index is 1.56. The molecule has 126 valence electrons. The summed E-state index contributed by atoms with van der Waals surface area (Å²) in [5.74, 6) is 0.393. The largest absolute Gasteiger partial charge is 0.464 e. The van der Waals surface area contributed by atoms with Crippen LogP contribution < -0.4 is 4.90 Å². The molecule has 3 rings (SSSR count). The van der Waals surface area contributed by atoms with Crippen molar-refractivity contribution in [1.29, 1.82) is 0 Å². The molecule has 0 amide bonds. The number of piperazine rings is 1. The zero-order valence-electron chi connectivity index (χ0n) is 13.9. The first kappa shape index (κ1) is 16.1. The summed E-state index contributed by atoms with van der Waals surface area (Å²) < 4.78 is 4.65. The fourth-order valence-electron chi connectivity index (χ4n) is 3.40. The van der Waals surface area contributed by atoms with Gasteiger partial charge in [-0.15, -0.1) is 10.2 Å². The van der Waals surface area contributed by atoms with Gasteiger partial charge in [0.2, 0.25) is 0 Å². The van der Waals surface area contributed by atoms with Crippen LogP contribution in [0.4, 0.5) is 5.82 Å². The van der Waals surface area contributed by atoms with Crippen molar-refractivity contribution in [1.82, 2.24) is 20.0 Å². The van der Waals surface area contributed by atoms with Gasteiger partial charge in [-0.3, -0.25) is 4.90 Å². The second-order valence-electron chi connectivity index (χ2n) is 6.13. The number of anilines is 1. The highest BCUT2D eigenvalue weighted by molar-refractivity contribution is 5.86. The van der Waals surface area contributed by atoms with Crippen LogP contribution in [0.3, 0.4) is 0 Å². The van der Waals surface area contributed by atoms with Crippen LogP contribution in [0, 0.1) is 0 Å². The number of nitrogens with zero attached hydrogens (tertiary/aromatic N) is 5. The van der Waals surface area contributed by atoms with Crippen molar-refractivity contribution in [3.05, 3.63) is 17.8 Å². The predicted molar refractivity (Wildman–Crippen MR) is 87.7 cm³/mol. The van der Waals surface area contributed by atoms with E-state index >= 15 is 0 Å². The normalized spacial score (nSPS) is 23.2. The maximum Gasteiger partial charge on any atom is 0.358 e. The van der Waals surface area contributed by atoms with Crippen molar-refractivity contribution in [2.45, 2.75) is 19.4 Å². The third kappa shape index (κ3) is 3.61. The van der Waals surface area contributed by atoms with Gasteiger partial charge in [0, 0.05) is 45.3 Å². The first-order valence-corrected chi connectivity index (χ1v) is 8.34. The lowest BCUT2D eigenvalue weighted by atomic mass is 10.2. The highest BCUT2D eigenvalue weighted by Crippen LogP contribution is 2.22. The maximum absolute atomic E-state index is 11.4. The Kier molecular flexibility index (Phi) is 5.07. The molecule has 7 heteroatoms. The van der Waals surface area contributed by atoms with Gasteiger partial charge in [-0.1, -0.05) is 6.92 Å². The molecule has 1 aromatic heterocycles. The number of carbonyl (C=O) groups is 1. The molecule has 1 aromatic rings. The quantitative estimate of drug-likeness (QED) is 0.748. The van der Waals surface area contributed by atoms with E-state index in [4.69, 9.17) is 0 Å². The topological polar surface area (TPSA) is 61.8 Å². The van der Waals surface area contributed by atoms with Gasteiger partial charge in [-0.2, -0.15) is 0 Å². The average molecular weight is 319 g/mol. The van der Waals surface area contributed by atoms with Gasteiger partial charge in [0.1, 0.15) is 0 Å². The van der Waals surface area contributed by atoms with Crippen molar-refractivity contribution in [2.24, 2.45) is 0 Å². The summed E-state index contributed by atoms with van der Waals surface area (Å²) in [6.45, 7) is 9.99. The first-order chi connectivity index (χ1) is 11.2. The van der Waals surface area contributed by atoms with Gasteiger partial charge >= 0.3 is 5.97 Å². The number of hydrogen-bond acceptors (Lipinski definition) is 7. The minimum absolute atomic E-state index is 0.252. The molecule has 2 fully saturated rings. The fourth-order valence-corrected chi connectivity index (χ4v) is 3.40. The molecule has 0 spiro atoms. The summed E-state index contributed by atoms with van der Waals surface area (Å²) in [5.41, 5.74) is 0.252. The molecule has 0 bridgehead atoms. The van der Waals surface area contributed by atoms with Crippen molar-refractivity contribution >= 4 is 11.8 Å². The monoisotopic (exact) mass is 319 g/mol. The smallest absolute Gasteiger partial charge is 0.358 e. The third-order valence-corrected chi connectivity index (χ3v) is 4.90. The summed E-state index contributed by atoms with van der Waals surface area (Å²) >= 11 is 0. The molecule has 3 heterocycles. The first-order valence-electron chi connectivity index (χ1n) is 8.34. The summed E-state index contributed by atoms with van der Waals surface area (Å²) in [6.07, 6.45) is 1.16. The number of esters is 1. The Morgan fingerprint density at radius 3 is 2.61 bits per heavy atom. The van der Waals surface area contributed by atoms with E-state index in [0.717, 1.165) is 45.0 Å². The van der Waals surface area contributed by atoms with E-state index in [1.807, 2.05) is 6.07 Å². The maximum atomic E-state index is 11.4. The van der Waals surface area contributed by atoms with Crippen LogP contribution in [0.5, 0.6) is 0 Å². The van der Waals surface area contributed by atoms with E-state index in [-0.39, 0.29) is 5.69 Å². The Bertz CT molecular complexity index is 528. The lowest BCUT2D eigenvalue weighted by Gasteiger charge is -2.37. The van der Waals surface area contributed by atoms with Gasteiger partial charge in [-0.05, 0) is 25.1 Å². The second kappa shape index (κ2) is 7.23. The molecule has 0 N–H and O–H groups in total. The van der Waals surface area contributed by atoms with Crippen molar-refractivity contribution in [3.8, 4) is 0 Å². The van der Waals surface area contributed by atoms with Crippen LogP contribution in [0.15, 0.2) is 12.1 Å². The average Bonchev–Trinajstić information content (AvgIpc) is 3.11. The van der Waals surface area contributed by atoms with E-state index in [2.05, 4.69) is 36.6 Å². The zero-order chi connectivity index (χ0) is 16.2. The molecule has 2 saturated heterocycles. The van der Waals surface area contributed by atoms with Crippen LogP contribution in [-0.4, -0.2) is 84.9 Å². The summed E-state index contributed by atoms with van der Waals surface area (Å²) in [7, 11) is 1.35. The van der Waals surface area contributed by atoms with Gasteiger partial charge < -0.3 is 14.5 Å². The lowest BCUT2D eigenvalue weighted by molar-refractivity contribution is 0.0592. The van der Waals surface area contributed by atoms with Gasteiger partial charge in [0.05, 0.1) is 7.11 Å². The molecule has 0 saturated carbocycles. The minimum Gasteiger partial charge on any atom is -0.464 e. The Morgan fingerprint density at radius 2 is 2.00 bits per heavy atom. The van der Waals surface area contributed by atoms with E-state index in [9.17, 15) is 4.79 Å². The molecule has 1 atom stereocenters. The standard InChI is InChI=1S/C16H25N5O2/c1-3-19-8-10-20(11-9-19)13-6-7-21(12-13)15-5-4-14(17-18-15)16(22)23-2/h4-5,13H,3,6-12H2,1-2H3. The number of carbonyl (C=O) groups excluding carboxylic acids is 1. The highest BCUT2D eigenvalue weighted by Gasteiger charge is 2.30. The Morgan fingerprint density at radius 1 is 1.22 bits per heavy atom. The molecule has 7 nitrogen and oxygen atoms in total. The van der Waals surface area contributed by atoms with Gasteiger partial charge in [-0.25, -0.2) is 4.79 Å². The fraction of sp³-hybridized carbons (Fsp3) is 0.688. The number of rotatable bonds is 4. The number of ether oxygens (including phenoxy) is 1. The Hall–Kier alpha value is -1.73. The summed E-state index contributed by atoms with van der Waals surface area (Å²) in [6, 6.07) is 4.13. The number of aromatic nitrogens is 2. The van der Waals surface area contributed by atoms with Crippen LogP contribution in [-0.2, 0) is 4.74 Å². The summed E-state index contributed by atoms with van der Waals surface area (Å²) in [5, 5.41) is 8.15. The molecular formula is C16H25N5O2. The van der Waals surface area contributed by atoms with E-state index < -0.39 is 5.97 Å². The van der Waals surface area contributed by atoms with Crippen molar-refractivity contribution in [3.63, 3.8) is 0 Å². The van der Waals surface area contributed by atoms with Gasteiger partial charge in [0.15, 0.2) is 11.5 Å². The van der Waals surface area contributed by atoms with E-state index in [1.165, 1.54) is 20.2 Å². The molecule has 1 unspecified atom stereocenters. The molecule has 0 aliphatic carbocycles. The third-order valence-electron chi connectivity index (χ3n) is 4.90. The SMILES string of the molecule is CCN1CCN(C2CCN(c3ccc(C(=O)OC)nn3)C2)CC1. The van der Waals surface area contributed by atoms with Crippen LogP contribution in [0.25, 0.3) is 0 Å². The van der Waals surface area contributed by atoms with Gasteiger partial charge in [0.25, 0.3) is 0 Å². The second-order valence-corrected chi connectivity index (χ2v) is 6.13. The van der Waals surface area contributed by atoms with E-state index in [0.29, 0.717) is 6.04 Å². The molecular weight excluding hydrogens is 294 g/mol. The molecule has 0 aromatic carbocycles. The number of methoxy groups -OCH3 is 1. The van der Waals surface area contributed by atoms with Crippen LogP contribution in [0.2, 0.25) is 0 Å². The van der Waals surface area contributed by atoms with Crippen molar-refractivity contribution in [2.75, 3.05) is 57.8 Å². The molecule has 0 radical (unpaired) electrons. The summed E-state index contributed by atoms with van der Waals surface area (Å²) in [4.78, 5) is 18.8. The molecule has 23 heavy (non-hydrogen) atoms.